The molecule has 2 aliphatic heterocycles. The average molecular weight is 374 g/mol. The van der Waals surface area contributed by atoms with Crippen LogP contribution in [-0.4, -0.2) is 62.9 Å². The highest BCUT2D eigenvalue weighted by Gasteiger charge is 2.42. The maximum Gasteiger partial charge on any atom is 0.220 e. The van der Waals surface area contributed by atoms with E-state index >= 15 is 0 Å². The second kappa shape index (κ2) is 8.07. The Morgan fingerprint density at radius 3 is 2.78 bits per heavy atom. The van der Waals surface area contributed by atoms with Crippen LogP contribution in [0.25, 0.3) is 0 Å². The Bertz CT molecular complexity index is 676. The minimum Gasteiger partial charge on any atom is -0.493 e. The van der Waals surface area contributed by atoms with E-state index < -0.39 is 0 Å². The van der Waals surface area contributed by atoms with Gasteiger partial charge in [-0.25, -0.2) is 0 Å². The maximum atomic E-state index is 12.4. The highest BCUT2D eigenvalue weighted by atomic mass is 16.5. The number of hydrogen-bond donors (Lipinski definition) is 1. The summed E-state index contributed by atoms with van der Waals surface area (Å²) in [6, 6.07) is 6.53. The number of hydrogen-bond acceptors (Lipinski definition) is 5. The predicted octanol–water partition coefficient (Wildman–Crippen LogP) is 2.00. The van der Waals surface area contributed by atoms with Gasteiger partial charge in [-0.05, 0) is 49.3 Å². The van der Waals surface area contributed by atoms with E-state index in [0.29, 0.717) is 36.5 Å². The Hall–Kier alpha value is -1.79. The van der Waals surface area contributed by atoms with E-state index in [9.17, 15) is 4.79 Å². The lowest BCUT2D eigenvalue weighted by Gasteiger charge is -2.35. The second-order valence-electron chi connectivity index (χ2n) is 8.01. The van der Waals surface area contributed by atoms with Gasteiger partial charge in [0.15, 0.2) is 11.5 Å². The zero-order valence-corrected chi connectivity index (χ0v) is 16.3. The Kier molecular flexibility index (Phi) is 5.55. The molecule has 1 aromatic carbocycles. The van der Waals surface area contributed by atoms with E-state index in [4.69, 9.17) is 14.2 Å². The molecule has 1 N–H and O–H groups in total. The van der Waals surface area contributed by atoms with Crippen LogP contribution < -0.4 is 14.8 Å². The fourth-order valence-corrected chi connectivity index (χ4v) is 4.35. The molecule has 1 aromatic rings. The van der Waals surface area contributed by atoms with Crippen LogP contribution in [0.5, 0.6) is 11.5 Å². The molecule has 0 aromatic heterocycles. The fourth-order valence-electron chi connectivity index (χ4n) is 4.35. The number of carbonyl (C=O) groups excluding carboxylic acids is 1. The third-order valence-electron chi connectivity index (χ3n) is 6.05. The Morgan fingerprint density at radius 2 is 2.04 bits per heavy atom. The lowest BCUT2D eigenvalue weighted by molar-refractivity contribution is -0.121. The molecule has 27 heavy (non-hydrogen) atoms. The lowest BCUT2D eigenvalue weighted by Crippen LogP contribution is -2.47. The van der Waals surface area contributed by atoms with Gasteiger partial charge in [0.2, 0.25) is 5.91 Å². The number of amides is 1. The number of aryl methyl sites for hydroxylation is 1. The summed E-state index contributed by atoms with van der Waals surface area (Å²) in [6.07, 6.45) is 5.23. The highest BCUT2D eigenvalue weighted by molar-refractivity contribution is 5.76. The molecule has 148 valence electrons. The van der Waals surface area contributed by atoms with Gasteiger partial charge >= 0.3 is 0 Å². The monoisotopic (exact) mass is 374 g/mol. The van der Waals surface area contributed by atoms with Gasteiger partial charge in [-0.2, -0.15) is 0 Å². The molecular formula is C21H30N2O4. The van der Waals surface area contributed by atoms with Crippen LogP contribution in [0.4, 0.5) is 0 Å². The molecule has 0 bridgehead atoms. The summed E-state index contributed by atoms with van der Waals surface area (Å²) in [4.78, 5) is 14.9. The molecule has 4 rings (SSSR count). The van der Waals surface area contributed by atoms with Gasteiger partial charge in [0.05, 0.1) is 26.9 Å². The van der Waals surface area contributed by atoms with Crippen molar-refractivity contribution < 1.29 is 19.0 Å². The van der Waals surface area contributed by atoms with Crippen molar-refractivity contribution in [3.8, 4) is 11.5 Å². The van der Waals surface area contributed by atoms with Gasteiger partial charge in [-0.1, -0.05) is 6.07 Å². The van der Waals surface area contributed by atoms with E-state index in [2.05, 4.69) is 10.2 Å². The van der Waals surface area contributed by atoms with Crippen molar-refractivity contribution >= 4 is 5.91 Å². The summed E-state index contributed by atoms with van der Waals surface area (Å²) in [6.45, 7) is 2.81. The molecular weight excluding hydrogens is 344 g/mol. The summed E-state index contributed by atoms with van der Waals surface area (Å²) in [7, 11) is 3.25. The SMILES string of the molecule is COc1ccc(CCC(=O)N[C@H]2C[C@H]3CO[C@H](C4CC4)CN3C2)cc1OC. The normalized spacial score (nSPS) is 27.9. The standard InChI is InChI=1S/C21H30N2O4/c1-25-18-7-3-14(9-19(18)26-2)4-8-21(24)22-16-10-17-13-27-20(15-5-6-15)12-23(17)11-16/h3,7,9,15-17,20H,4-6,8,10-13H2,1-2H3,(H,22,24)/t16-,17-,20-/m0/s1. The number of fused-ring (bicyclic) bond motifs is 1. The Balaban J connectivity index is 1.24. The molecule has 3 atom stereocenters. The van der Waals surface area contributed by atoms with Crippen LogP contribution in [0.3, 0.4) is 0 Å². The summed E-state index contributed by atoms with van der Waals surface area (Å²) in [5.74, 6) is 2.31. The maximum absolute atomic E-state index is 12.4. The number of methoxy groups -OCH3 is 2. The van der Waals surface area contributed by atoms with Crippen molar-refractivity contribution in [3.05, 3.63) is 23.8 Å². The molecule has 3 aliphatic rings. The van der Waals surface area contributed by atoms with Crippen LogP contribution in [0.15, 0.2) is 18.2 Å². The van der Waals surface area contributed by atoms with Gasteiger partial charge < -0.3 is 19.5 Å². The number of morpholine rings is 1. The first-order valence-electron chi connectivity index (χ1n) is 10.0. The average Bonchev–Trinajstić information content (AvgIpc) is 3.46. The van der Waals surface area contributed by atoms with Crippen LogP contribution in [0.2, 0.25) is 0 Å². The predicted molar refractivity (Wildman–Crippen MR) is 102 cm³/mol. The molecule has 1 amide bonds. The van der Waals surface area contributed by atoms with Crippen molar-refractivity contribution in [2.24, 2.45) is 5.92 Å². The molecule has 6 heteroatoms. The van der Waals surface area contributed by atoms with Crippen molar-refractivity contribution in [1.29, 1.82) is 0 Å². The van der Waals surface area contributed by atoms with Gasteiger partial charge in [0, 0.05) is 31.6 Å². The Morgan fingerprint density at radius 1 is 1.22 bits per heavy atom. The van der Waals surface area contributed by atoms with Crippen LogP contribution >= 0.6 is 0 Å². The molecule has 0 unspecified atom stereocenters. The van der Waals surface area contributed by atoms with Gasteiger partial charge in [-0.15, -0.1) is 0 Å². The van der Waals surface area contributed by atoms with Crippen LogP contribution in [0.1, 0.15) is 31.2 Å². The van der Waals surface area contributed by atoms with Crippen molar-refractivity contribution in [1.82, 2.24) is 10.2 Å². The van der Waals surface area contributed by atoms with Gasteiger partial charge in [0.1, 0.15) is 0 Å². The highest BCUT2D eigenvalue weighted by Crippen LogP contribution is 2.37. The largest absolute Gasteiger partial charge is 0.493 e. The van der Waals surface area contributed by atoms with E-state index in [1.165, 1.54) is 12.8 Å². The minimum absolute atomic E-state index is 0.120. The summed E-state index contributed by atoms with van der Waals surface area (Å²) < 4.78 is 16.6. The third-order valence-corrected chi connectivity index (χ3v) is 6.05. The topological polar surface area (TPSA) is 60.0 Å². The van der Waals surface area contributed by atoms with Crippen molar-refractivity contribution in [2.75, 3.05) is 33.9 Å². The van der Waals surface area contributed by atoms with Gasteiger partial charge in [-0.3, -0.25) is 9.69 Å². The first kappa shape index (κ1) is 18.6. The summed E-state index contributed by atoms with van der Waals surface area (Å²) >= 11 is 0. The zero-order chi connectivity index (χ0) is 18.8. The number of nitrogens with one attached hydrogen (secondary N) is 1. The lowest BCUT2D eigenvalue weighted by atomic mass is 10.1. The third kappa shape index (κ3) is 4.38. The number of nitrogens with zero attached hydrogens (tertiary/aromatic N) is 1. The van der Waals surface area contributed by atoms with Crippen molar-refractivity contribution in [3.63, 3.8) is 0 Å². The molecule has 2 heterocycles. The molecule has 3 fully saturated rings. The number of carbonyl (C=O) groups is 1. The minimum atomic E-state index is 0.120. The Labute approximate surface area is 161 Å². The summed E-state index contributed by atoms with van der Waals surface area (Å²) in [5, 5.41) is 3.22. The molecule has 1 saturated carbocycles. The van der Waals surface area contributed by atoms with Crippen LogP contribution in [0, 0.1) is 5.92 Å². The van der Waals surface area contributed by atoms with E-state index in [1.54, 1.807) is 14.2 Å². The number of benzene rings is 1. The van der Waals surface area contributed by atoms with E-state index in [0.717, 1.165) is 37.6 Å². The summed E-state index contributed by atoms with van der Waals surface area (Å²) in [5.41, 5.74) is 1.08. The van der Waals surface area contributed by atoms with E-state index in [-0.39, 0.29) is 11.9 Å². The van der Waals surface area contributed by atoms with Gasteiger partial charge in [0.25, 0.3) is 0 Å². The van der Waals surface area contributed by atoms with Crippen LogP contribution in [-0.2, 0) is 16.0 Å². The first-order chi connectivity index (χ1) is 13.2. The number of ether oxygens (including phenoxy) is 3. The molecule has 0 spiro atoms. The molecule has 6 nitrogen and oxygen atoms in total. The second-order valence-corrected chi connectivity index (χ2v) is 8.01. The zero-order valence-electron chi connectivity index (χ0n) is 16.3. The number of rotatable bonds is 7. The fraction of sp³-hybridized carbons (Fsp3) is 0.667. The quantitative estimate of drug-likeness (QED) is 0.791. The van der Waals surface area contributed by atoms with E-state index in [1.807, 2.05) is 18.2 Å². The van der Waals surface area contributed by atoms with Crippen molar-refractivity contribution in [2.45, 2.75) is 50.3 Å². The molecule has 1 aliphatic carbocycles. The molecule has 2 saturated heterocycles. The first-order valence-corrected chi connectivity index (χ1v) is 10.0. The smallest absolute Gasteiger partial charge is 0.220 e. The molecule has 0 radical (unpaired) electrons.